The molecule has 6 nitrogen and oxygen atoms in total. The molecular formula is C17H20N4O2S. The number of carbonyl (C=O) groups is 1. The molecule has 1 saturated heterocycles. The minimum absolute atomic E-state index is 0.113. The predicted octanol–water partition coefficient (Wildman–Crippen LogP) is 2.29. The molecule has 1 aliphatic heterocycles. The second kappa shape index (κ2) is 7.69. The van der Waals surface area contributed by atoms with Gasteiger partial charge in [-0.1, -0.05) is 23.9 Å². The number of ether oxygens (including phenoxy) is 1. The average molecular weight is 344 g/mol. The Kier molecular flexibility index (Phi) is 5.38. The summed E-state index contributed by atoms with van der Waals surface area (Å²) in [5.74, 6) is 0.113. The molecule has 126 valence electrons. The van der Waals surface area contributed by atoms with Crippen LogP contribution in [0, 0.1) is 11.3 Å². The van der Waals surface area contributed by atoms with Crippen molar-refractivity contribution < 1.29 is 9.53 Å². The molecule has 0 saturated carbocycles. The number of fused-ring (bicyclic) bond motifs is 1. The molecule has 1 aliphatic rings. The quantitative estimate of drug-likeness (QED) is 0.778. The van der Waals surface area contributed by atoms with Gasteiger partial charge < -0.3 is 14.2 Å². The van der Waals surface area contributed by atoms with Crippen LogP contribution in [0.5, 0.6) is 0 Å². The van der Waals surface area contributed by atoms with Crippen molar-refractivity contribution >= 4 is 28.7 Å². The molecule has 0 N–H and O–H groups in total. The van der Waals surface area contributed by atoms with Crippen molar-refractivity contribution in [2.24, 2.45) is 0 Å². The minimum Gasteiger partial charge on any atom is -0.378 e. The van der Waals surface area contributed by atoms with Crippen LogP contribution in [-0.2, 0) is 16.1 Å². The summed E-state index contributed by atoms with van der Waals surface area (Å²) in [6.45, 7) is 4.99. The highest BCUT2D eigenvalue weighted by Crippen LogP contribution is 2.28. The number of nitrogens with zero attached hydrogens (tertiary/aromatic N) is 4. The first-order valence-corrected chi connectivity index (χ1v) is 8.94. The highest BCUT2D eigenvalue weighted by atomic mass is 32.2. The molecule has 1 amide bonds. The van der Waals surface area contributed by atoms with Crippen LogP contribution < -0.4 is 0 Å². The summed E-state index contributed by atoms with van der Waals surface area (Å²) in [4.78, 5) is 19.1. The SMILES string of the molecule is CC(Sc1nc2ccccc2n1CCC#N)C(=O)N1CCOCC1. The number of thioether (sulfide) groups is 1. The Labute approximate surface area is 145 Å². The van der Waals surface area contributed by atoms with Gasteiger partial charge in [0.1, 0.15) is 0 Å². The van der Waals surface area contributed by atoms with Crippen molar-refractivity contribution in [2.75, 3.05) is 26.3 Å². The number of aromatic nitrogens is 2. The van der Waals surface area contributed by atoms with Gasteiger partial charge in [-0.25, -0.2) is 4.98 Å². The van der Waals surface area contributed by atoms with Gasteiger partial charge in [0, 0.05) is 19.6 Å². The molecule has 0 aliphatic carbocycles. The summed E-state index contributed by atoms with van der Waals surface area (Å²) >= 11 is 1.46. The molecule has 2 heterocycles. The third-order valence-corrected chi connectivity index (χ3v) is 5.10. The summed E-state index contributed by atoms with van der Waals surface area (Å²) in [6.07, 6.45) is 0.416. The lowest BCUT2D eigenvalue weighted by Crippen LogP contribution is -2.44. The topological polar surface area (TPSA) is 71.2 Å². The van der Waals surface area contributed by atoms with Crippen molar-refractivity contribution in [3.05, 3.63) is 24.3 Å². The van der Waals surface area contributed by atoms with Crippen LogP contribution in [0.1, 0.15) is 13.3 Å². The lowest BCUT2D eigenvalue weighted by atomic mass is 10.3. The Bertz CT molecular complexity index is 762. The van der Waals surface area contributed by atoms with Gasteiger partial charge in [-0.15, -0.1) is 0 Å². The number of hydrogen-bond donors (Lipinski definition) is 0. The number of para-hydroxylation sites is 2. The highest BCUT2D eigenvalue weighted by molar-refractivity contribution is 8.00. The standard InChI is InChI=1S/C17H20N4O2S/c1-13(16(22)20-9-11-23-12-10-20)24-17-19-14-5-2-3-6-15(14)21(17)8-4-7-18/h2-3,5-6,13H,4,8-12H2,1H3. The zero-order chi connectivity index (χ0) is 16.9. The van der Waals surface area contributed by atoms with Crippen LogP contribution in [0.15, 0.2) is 29.4 Å². The second-order valence-electron chi connectivity index (χ2n) is 5.64. The van der Waals surface area contributed by atoms with E-state index >= 15 is 0 Å². The van der Waals surface area contributed by atoms with Crippen molar-refractivity contribution in [1.29, 1.82) is 5.26 Å². The van der Waals surface area contributed by atoms with Crippen molar-refractivity contribution in [1.82, 2.24) is 14.5 Å². The van der Waals surface area contributed by atoms with Gasteiger partial charge in [-0.05, 0) is 19.1 Å². The number of aryl methyl sites for hydroxylation is 1. The Morgan fingerprint density at radius 2 is 2.17 bits per heavy atom. The molecule has 24 heavy (non-hydrogen) atoms. The van der Waals surface area contributed by atoms with E-state index in [1.54, 1.807) is 0 Å². The van der Waals surface area contributed by atoms with Gasteiger partial charge in [-0.3, -0.25) is 4.79 Å². The molecule has 1 aromatic carbocycles. The lowest BCUT2D eigenvalue weighted by Gasteiger charge is -2.28. The number of benzene rings is 1. The lowest BCUT2D eigenvalue weighted by molar-refractivity contribution is -0.134. The molecule has 1 unspecified atom stereocenters. The monoisotopic (exact) mass is 344 g/mol. The minimum atomic E-state index is -0.222. The summed E-state index contributed by atoms with van der Waals surface area (Å²) in [5.41, 5.74) is 1.89. The third-order valence-electron chi connectivity index (χ3n) is 4.02. The highest BCUT2D eigenvalue weighted by Gasteiger charge is 2.25. The smallest absolute Gasteiger partial charge is 0.236 e. The van der Waals surface area contributed by atoms with Gasteiger partial charge in [0.05, 0.1) is 42.0 Å². The summed E-state index contributed by atoms with van der Waals surface area (Å²) in [6, 6.07) is 10.0. The maximum Gasteiger partial charge on any atom is 0.236 e. The maximum absolute atomic E-state index is 12.6. The van der Waals surface area contributed by atoms with Crippen LogP contribution in [-0.4, -0.2) is 51.9 Å². The van der Waals surface area contributed by atoms with E-state index in [2.05, 4.69) is 11.1 Å². The number of morpholine rings is 1. The normalized spacial score (nSPS) is 16.1. The number of imidazole rings is 1. The van der Waals surface area contributed by atoms with Crippen molar-refractivity contribution in [3.8, 4) is 6.07 Å². The molecule has 7 heteroatoms. The van der Waals surface area contributed by atoms with Crippen LogP contribution in [0.4, 0.5) is 0 Å². The van der Waals surface area contributed by atoms with Crippen LogP contribution >= 0.6 is 11.8 Å². The Morgan fingerprint density at radius 3 is 2.92 bits per heavy atom. The summed E-state index contributed by atoms with van der Waals surface area (Å²) in [7, 11) is 0. The summed E-state index contributed by atoms with van der Waals surface area (Å²) in [5, 5.41) is 9.48. The fourth-order valence-electron chi connectivity index (χ4n) is 2.77. The van der Waals surface area contributed by atoms with Crippen LogP contribution in [0.25, 0.3) is 11.0 Å². The number of amides is 1. The zero-order valence-corrected chi connectivity index (χ0v) is 14.5. The molecule has 0 radical (unpaired) electrons. The van der Waals surface area contributed by atoms with E-state index in [0.29, 0.717) is 39.3 Å². The summed E-state index contributed by atoms with van der Waals surface area (Å²) < 4.78 is 7.34. The number of nitriles is 1. The van der Waals surface area contributed by atoms with E-state index in [1.807, 2.05) is 40.7 Å². The fourth-order valence-corrected chi connectivity index (χ4v) is 3.80. The van der Waals surface area contributed by atoms with E-state index in [9.17, 15) is 4.79 Å². The number of carbonyl (C=O) groups excluding carboxylic acids is 1. The third kappa shape index (κ3) is 3.55. The average Bonchev–Trinajstić information content (AvgIpc) is 2.97. The van der Waals surface area contributed by atoms with Gasteiger partial charge in [0.2, 0.25) is 5.91 Å². The van der Waals surface area contributed by atoms with Gasteiger partial charge in [0.15, 0.2) is 5.16 Å². The van der Waals surface area contributed by atoms with E-state index in [0.717, 1.165) is 16.2 Å². The molecular weight excluding hydrogens is 324 g/mol. The van der Waals surface area contributed by atoms with E-state index in [4.69, 9.17) is 10.00 Å². The van der Waals surface area contributed by atoms with Gasteiger partial charge in [-0.2, -0.15) is 5.26 Å². The molecule has 0 spiro atoms. The van der Waals surface area contributed by atoms with Crippen molar-refractivity contribution in [2.45, 2.75) is 30.3 Å². The first kappa shape index (κ1) is 16.8. The van der Waals surface area contributed by atoms with E-state index in [1.165, 1.54) is 11.8 Å². The maximum atomic E-state index is 12.6. The van der Waals surface area contributed by atoms with Gasteiger partial charge in [0.25, 0.3) is 0 Å². The largest absolute Gasteiger partial charge is 0.378 e. The molecule has 3 rings (SSSR count). The van der Waals surface area contributed by atoms with Crippen molar-refractivity contribution in [3.63, 3.8) is 0 Å². The molecule has 1 atom stereocenters. The van der Waals surface area contributed by atoms with Crippen LogP contribution in [0.2, 0.25) is 0 Å². The zero-order valence-electron chi connectivity index (χ0n) is 13.6. The Balaban J connectivity index is 1.80. The molecule has 0 bridgehead atoms. The second-order valence-corrected chi connectivity index (χ2v) is 6.95. The molecule has 2 aromatic rings. The Hall–Kier alpha value is -2.04. The number of rotatable bonds is 5. The van der Waals surface area contributed by atoms with E-state index in [-0.39, 0.29) is 11.2 Å². The predicted molar refractivity (Wildman–Crippen MR) is 92.7 cm³/mol. The molecule has 1 fully saturated rings. The fraction of sp³-hybridized carbons (Fsp3) is 0.471. The van der Waals surface area contributed by atoms with Crippen LogP contribution in [0.3, 0.4) is 0 Å². The van der Waals surface area contributed by atoms with Gasteiger partial charge >= 0.3 is 0 Å². The first-order valence-electron chi connectivity index (χ1n) is 8.06. The molecule has 1 aromatic heterocycles. The first-order chi connectivity index (χ1) is 11.7. The number of hydrogen-bond acceptors (Lipinski definition) is 5. The van der Waals surface area contributed by atoms with E-state index < -0.39 is 0 Å². The Morgan fingerprint density at radius 1 is 1.42 bits per heavy atom.